The van der Waals surface area contributed by atoms with Gasteiger partial charge in [-0.15, -0.1) is 0 Å². The SMILES string of the molecule is CC1(C)C(=O)N(Cl)C(=O)N1Cl.CC1(C)C(=O)N(Cl)C(=O)N1Cl. The Bertz CT molecular complexity index is 505. The summed E-state index contributed by atoms with van der Waals surface area (Å²) in [4.78, 5) is 44.0. The van der Waals surface area contributed by atoms with Crippen molar-refractivity contribution in [1.82, 2.24) is 17.7 Å². The Labute approximate surface area is 146 Å². The average molecular weight is 394 g/mol. The topological polar surface area (TPSA) is 81.2 Å². The van der Waals surface area contributed by atoms with Gasteiger partial charge in [0.25, 0.3) is 11.8 Å². The summed E-state index contributed by atoms with van der Waals surface area (Å²) in [5, 5.41) is 0. The predicted octanol–water partition coefficient (Wildman–Crippen LogP) is 2.67. The first-order valence-electron chi connectivity index (χ1n) is 5.78. The molecule has 0 atom stereocenters. The lowest BCUT2D eigenvalue weighted by Gasteiger charge is -2.18. The van der Waals surface area contributed by atoms with Gasteiger partial charge in [-0.3, -0.25) is 9.59 Å². The molecule has 0 aromatic heterocycles. The number of rotatable bonds is 0. The second-order valence-corrected chi connectivity index (χ2v) is 6.77. The van der Waals surface area contributed by atoms with Crippen LogP contribution >= 0.6 is 47.1 Å². The minimum Gasteiger partial charge on any atom is -0.270 e. The molecule has 0 aliphatic carbocycles. The fraction of sp³-hybridized carbons (Fsp3) is 0.600. The summed E-state index contributed by atoms with van der Waals surface area (Å²) in [7, 11) is 0. The molecule has 2 heterocycles. The smallest absolute Gasteiger partial charge is 0.270 e. The van der Waals surface area contributed by atoms with Gasteiger partial charge in [-0.2, -0.15) is 8.84 Å². The molecule has 2 aliphatic rings. The van der Waals surface area contributed by atoms with E-state index in [1.54, 1.807) is 0 Å². The van der Waals surface area contributed by atoms with Crippen LogP contribution < -0.4 is 0 Å². The van der Waals surface area contributed by atoms with Crippen LogP contribution in [0.2, 0.25) is 0 Å². The number of nitrogens with zero attached hydrogens (tertiary/aromatic N) is 4. The highest BCUT2D eigenvalue weighted by molar-refractivity contribution is 6.39. The van der Waals surface area contributed by atoms with E-state index in [4.69, 9.17) is 47.1 Å². The Morgan fingerprint density at radius 1 is 0.636 bits per heavy atom. The van der Waals surface area contributed by atoms with E-state index in [0.29, 0.717) is 8.84 Å². The Hall–Kier alpha value is -0.960. The minimum absolute atomic E-state index is 0.479. The first-order chi connectivity index (χ1) is 9.77. The third-order valence-electron chi connectivity index (χ3n) is 3.06. The molecule has 0 unspecified atom stereocenters. The number of imide groups is 2. The number of carbonyl (C=O) groups is 4. The van der Waals surface area contributed by atoms with E-state index in [1.165, 1.54) is 27.7 Å². The van der Waals surface area contributed by atoms with Crippen LogP contribution in [0, 0.1) is 0 Å². The minimum atomic E-state index is -1.04. The summed E-state index contributed by atoms with van der Waals surface area (Å²) in [6.45, 7) is 6.07. The number of carbonyl (C=O) groups excluding carboxylic acids is 4. The van der Waals surface area contributed by atoms with Gasteiger partial charge in [-0.25, -0.2) is 18.4 Å². The van der Waals surface area contributed by atoms with Crippen molar-refractivity contribution >= 4 is 71.0 Å². The molecule has 0 saturated carbocycles. The second kappa shape index (κ2) is 5.92. The second-order valence-electron chi connectivity index (χ2n) is 5.42. The molecule has 0 radical (unpaired) electrons. The molecular formula is C10H12Cl4N4O4. The van der Waals surface area contributed by atoms with Crippen molar-refractivity contribution in [3.8, 4) is 0 Å². The fourth-order valence-corrected chi connectivity index (χ4v) is 2.39. The van der Waals surface area contributed by atoms with Crippen LogP contribution in [0.25, 0.3) is 0 Å². The lowest BCUT2D eigenvalue weighted by atomic mass is 10.1. The molecule has 22 heavy (non-hydrogen) atoms. The molecule has 124 valence electrons. The van der Waals surface area contributed by atoms with E-state index in [1.807, 2.05) is 0 Å². The lowest BCUT2D eigenvalue weighted by molar-refractivity contribution is -0.128. The number of halogens is 4. The molecule has 2 aliphatic heterocycles. The van der Waals surface area contributed by atoms with E-state index in [0.717, 1.165) is 8.84 Å². The number of urea groups is 2. The highest BCUT2D eigenvalue weighted by Crippen LogP contribution is 2.31. The van der Waals surface area contributed by atoms with E-state index >= 15 is 0 Å². The van der Waals surface area contributed by atoms with E-state index < -0.39 is 35.0 Å². The zero-order chi connectivity index (χ0) is 17.6. The van der Waals surface area contributed by atoms with Gasteiger partial charge in [0.1, 0.15) is 11.1 Å². The highest BCUT2D eigenvalue weighted by atomic mass is 35.5. The molecule has 2 saturated heterocycles. The number of hydrogen-bond acceptors (Lipinski definition) is 4. The first kappa shape index (κ1) is 19.1. The van der Waals surface area contributed by atoms with Gasteiger partial charge in [0.15, 0.2) is 0 Å². The van der Waals surface area contributed by atoms with Crippen molar-refractivity contribution in [1.29, 1.82) is 0 Å². The van der Waals surface area contributed by atoms with Crippen LogP contribution in [0.5, 0.6) is 0 Å². The molecule has 2 fully saturated rings. The normalized spacial score (nSPS) is 23.3. The summed E-state index contributed by atoms with van der Waals surface area (Å²) in [6, 6.07) is -1.41. The number of amides is 6. The molecular weight excluding hydrogens is 382 g/mol. The van der Waals surface area contributed by atoms with Crippen LogP contribution in [0.15, 0.2) is 0 Å². The quantitative estimate of drug-likeness (QED) is 0.468. The van der Waals surface area contributed by atoms with Gasteiger partial charge in [-0.05, 0) is 27.7 Å². The maximum Gasteiger partial charge on any atom is 0.357 e. The summed E-state index contributed by atoms with van der Waals surface area (Å²) in [6.07, 6.45) is 0. The van der Waals surface area contributed by atoms with Gasteiger partial charge in [-0.1, -0.05) is 0 Å². The van der Waals surface area contributed by atoms with E-state index in [-0.39, 0.29) is 0 Å². The van der Waals surface area contributed by atoms with Crippen molar-refractivity contribution in [2.24, 2.45) is 0 Å². The zero-order valence-corrected chi connectivity index (χ0v) is 15.0. The van der Waals surface area contributed by atoms with Crippen molar-refractivity contribution in [3.05, 3.63) is 0 Å². The summed E-state index contributed by atoms with van der Waals surface area (Å²) >= 11 is 21.6. The van der Waals surface area contributed by atoms with Crippen molar-refractivity contribution in [2.75, 3.05) is 0 Å². The summed E-state index contributed by atoms with van der Waals surface area (Å²) < 4.78 is 2.52. The van der Waals surface area contributed by atoms with Gasteiger partial charge in [0.2, 0.25) is 0 Å². The lowest BCUT2D eigenvalue weighted by Crippen LogP contribution is -2.38. The maximum absolute atomic E-state index is 11.1. The van der Waals surface area contributed by atoms with Crippen LogP contribution in [-0.4, -0.2) is 52.6 Å². The molecule has 0 aromatic rings. The van der Waals surface area contributed by atoms with Crippen molar-refractivity contribution in [2.45, 2.75) is 38.8 Å². The van der Waals surface area contributed by atoms with E-state index in [2.05, 4.69) is 0 Å². The third-order valence-corrected chi connectivity index (χ3v) is 4.79. The van der Waals surface area contributed by atoms with Crippen LogP contribution in [0.3, 0.4) is 0 Å². The molecule has 0 spiro atoms. The monoisotopic (exact) mass is 392 g/mol. The molecule has 2 rings (SSSR count). The summed E-state index contributed by atoms with van der Waals surface area (Å²) in [5.74, 6) is -1.03. The van der Waals surface area contributed by atoms with Gasteiger partial charge < -0.3 is 0 Å². The number of hydrogen-bond donors (Lipinski definition) is 0. The Morgan fingerprint density at radius 3 is 0.909 bits per heavy atom. The molecule has 0 bridgehead atoms. The third kappa shape index (κ3) is 2.80. The van der Waals surface area contributed by atoms with Gasteiger partial charge in [0, 0.05) is 47.1 Å². The van der Waals surface area contributed by atoms with Crippen LogP contribution in [-0.2, 0) is 9.59 Å². The maximum atomic E-state index is 11.1. The Morgan fingerprint density at radius 2 is 0.864 bits per heavy atom. The Kier molecular flexibility index (Phi) is 5.13. The summed E-state index contributed by atoms with van der Waals surface area (Å²) in [5.41, 5.74) is -2.08. The average Bonchev–Trinajstić information content (AvgIpc) is 2.67. The van der Waals surface area contributed by atoms with E-state index in [9.17, 15) is 19.2 Å². The zero-order valence-electron chi connectivity index (χ0n) is 11.9. The van der Waals surface area contributed by atoms with Gasteiger partial charge >= 0.3 is 12.1 Å². The standard InChI is InChI=1S/2C5H6Cl2N2O2/c2*1-5(2)3(10)8(6)4(11)9(5)7/h2*1-2H3. The van der Waals surface area contributed by atoms with Crippen LogP contribution in [0.4, 0.5) is 9.59 Å². The molecule has 0 aromatic carbocycles. The molecule has 8 nitrogen and oxygen atoms in total. The molecule has 6 amide bonds. The molecule has 0 N–H and O–H groups in total. The van der Waals surface area contributed by atoms with Crippen molar-refractivity contribution < 1.29 is 19.2 Å². The fourth-order valence-electron chi connectivity index (χ4n) is 1.45. The van der Waals surface area contributed by atoms with Crippen LogP contribution in [0.1, 0.15) is 27.7 Å². The molecule has 12 heteroatoms. The predicted molar refractivity (Wildman–Crippen MR) is 79.7 cm³/mol. The largest absolute Gasteiger partial charge is 0.357 e. The Balaban J connectivity index is 0.000000220. The highest BCUT2D eigenvalue weighted by Gasteiger charge is 2.51. The first-order valence-corrected chi connectivity index (χ1v) is 7.13. The van der Waals surface area contributed by atoms with Gasteiger partial charge in [0.05, 0.1) is 0 Å². The van der Waals surface area contributed by atoms with Crippen molar-refractivity contribution in [3.63, 3.8) is 0 Å².